The molecule has 2 aromatic carbocycles. The topological polar surface area (TPSA) is 98.4 Å². The summed E-state index contributed by atoms with van der Waals surface area (Å²) in [5.41, 5.74) is 2.08. The first kappa shape index (κ1) is 22.9. The number of amides is 1. The Morgan fingerprint density at radius 3 is 2.54 bits per heavy atom. The number of methoxy groups -OCH3 is 1. The molecule has 1 aliphatic heterocycles. The van der Waals surface area contributed by atoms with Crippen molar-refractivity contribution >= 4 is 34.4 Å². The van der Waals surface area contributed by atoms with Gasteiger partial charge in [-0.05, 0) is 29.8 Å². The summed E-state index contributed by atoms with van der Waals surface area (Å²) in [6.45, 7) is 2.77. The van der Waals surface area contributed by atoms with Crippen molar-refractivity contribution in [1.82, 2.24) is 29.4 Å². The third-order valence-corrected chi connectivity index (χ3v) is 6.35. The first-order valence-corrected chi connectivity index (χ1v) is 11.6. The van der Waals surface area contributed by atoms with E-state index in [1.165, 1.54) is 10.9 Å². The van der Waals surface area contributed by atoms with Gasteiger partial charge in [0.1, 0.15) is 18.6 Å². The molecule has 0 unspecified atom stereocenters. The zero-order valence-corrected chi connectivity index (χ0v) is 19.9. The van der Waals surface area contributed by atoms with E-state index in [9.17, 15) is 9.59 Å². The maximum atomic E-state index is 13.0. The molecule has 2 aromatic heterocycles. The molecule has 11 heteroatoms. The molecule has 0 aliphatic carbocycles. The fourth-order valence-corrected chi connectivity index (χ4v) is 4.33. The number of ether oxygens (including phenoxy) is 1. The molecule has 0 atom stereocenters. The van der Waals surface area contributed by atoms with Gasteiger partial charge in [0.05, 0.1) is 19.3 Å². The molecule has 0 saturated carbocycles. The number of benzene rings is 2. The minimum absolute atomic E-state index is 0.0968. The number of carbonyl (C=O) groups excluding carboxylic acids is 1. The lowest BCUT2D eigenvalue weighted by molar-refractivity contribution is -0.132. The van der Waals surface area contributed by atoms with Gasteiger partial charge in [0.15, 0.2) is 11.2 Å². The van der Waals surface area contributed by atoms with E-state index in [2.05, 4.69) is 20.2 Å². The van der Waals surface area contributed by atoms with Crippen LogP contribution in [0.4, 0.5) is 5.69 Å². The van der Waals surface area contributed by atoms with Crippen molar-refractivity contribution in [3.63, 3.8) is 0 Å². The highest BCUT2D eigenvalue weighted by Gasteiger charge is 2.24. The molecule has 0 bridgehead atoms. The van der Waals surface area contributed by atoms with Gasteiger partial charge in [-0.15, -0.1) is 5.10 Å². The van der Waals surface area contributed by atoms with Crippen LogP contribution in [0.2, 0.25) is 5.02 Å². The molecule has 0 spiro atoms. The number of hydrogen-bond acceptors (Lipinski definition) is 7. The molecular weight excluding hydrogens is 470 g/mol. The highest BCUT2D eigenvalue weighted by atomic mass is 35.5. The lowest BCUT2D eigenvalue weighted by Gasteiger charge is -2.36. The van der Waals surface area contributed by atoms with Crippen molar-refractivity contribution in [3.8, 4) is 5.75 Å². The Morgan fingerprint density at radius 2 is 1.80 bits per heavy atom. The second-order valence-electron chi connectivity index (χ2n) is 8.26. The van der Waals surface area contributed by atoms with Gasteiger partial charge >= 0.3 is 0 Å². The van der Waals surface area contributed by atoms with E-state index in [0.717, 1.165) is 17.0 Å². The summed E-state index contributed by atoms with van der Waals surface area (Å²) in [4.78, 5) is 34.2. The van der Waals surface area contributed by atoms with Crippen LogP contribution in [0.25, 0.3) is 11.2 Å². The lowest BCUT2D eigenvalue weighted by atomic mass is 10.2. The minimum Gasteiger partial charge on any atom is -0.495 e. The van der Waals surface area contributed by atoms with Crippen LogP contribution in [0.5, 0.6) is 5.75 Å². The SMILES string of the molecule is COc1ccccc1N1CCN(C(=O)Cn2cnc3c(nnn3Cc3ccc(Cl)cc3)c2=O)CC1. The number of aromatic nitrogens is 5. The number of halogens is 1. The van der Waals surface area contributed by atoms with Crippen molar-refractivity contribution in [2.45, 2.75) is 13.1 Å². The van der Waals surface area contributed by atoms with E-state index in [-0.39, 0.29) is 18.0 Å². The second kappa shape index (κ2) is 9.75. The predicted octanol–water partition coefficient (Wildman–Crippen LogP) is 2.05. The number of rotatable bonds is 6. The number of carbonyl (C=O) groups is 1. The highest BCUT2D eigenvalue weighted by Crippen LogP contribution is 2.28. The lowest BCUT2D eigenvalue weighted by Crippen LogP contribution is -2.50. The van der Waals surface area contributed by atoms with E-state index in [0.29, 0.717) is 43.4 Å². The monoisotopic (exact) mass is 493 g/mol. The molecule has 5 rings (SSSR count). The summed E-state index contributed by atoms with van der Waals surface area (Å²) in [6.07, 6.45) is 1.38. The number of nitrogens with zero attached hydrogens (tertiary/aromatic N) is 7. The normalized spacial score (nSPS) is 13.9. The van der Waals surface area contributed by atoms with Crippen LogP contribution in [-0.2, 0) is 17.9 Å². The second-order valence-corrected chi connectivity index (χ2v) is 8.70. The Bertz CT molecular complexity index is 1410. The van der Waals surface area contributed by atoms with Gasteiger partial charge in [-0.2, -0.15) is 0 Å². The summed E-state index contributed by atoms with van der Waals surface area (Å²) in [7, 11) is 1.65. The number of para-hydroxylation sites is 2. The molecule has 0 radical (unpaired) electrons. The minimum atomic E-state index is -0.390. The van der Waals surface area contributed by atoms with Gasteiger partial charge in [-0.3, -0.25) is 14.2 Å². The third kappa shape index (κ3) is 4.69. The molecule has 3 heterocycles. The predicted molar refractivity (Wildman–Crippen MR) is 132 cm³/mol. The number of hydrogen-bond donors (Lipinski definition) is 0. The van der Waals surface area contributed by atoms with Crippen LogP contribution in [-0.4, -0.2) is 68.6 Å². The van der Waals surface area contributed by atoms with Crippen LogP contribution in [0.15, 0.2) is 59.7 Å². The van der Waals surface area contributed by atoms with E-state index in [1.807, 2.05) is 36.4 Å². The Hall–Kier alpha value is -3.92. The summed E-state index contributed by atoms with van der Waals surface area (Å²) in [5, 5.41) is 8.74. The smallest absolute Gasteiger partial charge is 0.283 e. The average Bonchev–Trinajstić information content (AvgIpc) is 3.30. The molecule has 0 N–H and O–H groups in total. The molecule has 1 amide bonds. The van der Waals surface area contributed by atoms with Crippen molar-refractivity contribution in [3.05, 3.63) is 75.8 Å². The number of piperazine rings is 1. The van der Waals surface area contributed by atoms with Crippen molar-refractivity contribution in [2.24, 2.45) is 0 Å². The van der Waals surface area contributed by atoms with Crippen molar-refractivity contribution < 1.29 is 9.53 Å². The molecule has 1 saturated heterocycles. The van der Waals surface area contributed by atoms with Crippen LogP contribution in [0.3, 0.4) is 0 Å². The fourth-order valence-electron chi connectivity index (χ4n) is 4.20. The quantitative estimate of drug-likeness (QED) is 0.405. The van der Waals surface area contributed by atoms with E-state index in [1.54, 1.807) is 28.8 Å². The first-order chi connectivity index (χ1) is 17.0. The van der Waals surface area contributed by atoms with Gasteiger partial charge < -0.3 is 14.5 Å². The van der Waals surface area contributed by atoms with E-state index < -0.39 is 5.56 Å². The fraction of sp³-hybridized carbons (Fsp3) is 0.292. The summed E-state index contributed by atoms with van der Waals surface area (Å²) in [5.74, 6) is 0.670. The first-order valence-electron chi connectivity index (χ1n) is 11.2. The van der Waals surface area contributed by atoms with Crippen LogP contribution < -0.4 is 15.2 Å². The summed E-state index contributed by atoms with van der Waals surface area (Å²) >= 11 is 5.94. The van der Waals surface area contributed by atoms with Crippen molar-refractivity contribution in [2.75, 3.05) is 38.2 Å². The van der Waals surface area contributed by atoms with Gasteiger partial charge in [0, 0.05) is 31.2 Å². The number of anilines is 1. The average molecular weight is 494 g/mol. The molecule has 4 aromatic rings. The Balaban J connectivity index is 1.26. The van der Waals surface area contributed by atoms with E-state index in [4.69, 9.17) is 16.3 Å². The van der Waals surface area contributed by atoms with Crippen LogP contribution in [0.1, 0.15) is 5.56 Å². The maximum absolute atomic E-state index is 13.0. The molecule has 1 fully saturated rings. The van der Waals surface area contributed by atoms with E-state index >= 15 is 0 Å². The molecule has 180 valence electrons. The third-order valence-electron chi connectivity index (χ3n) is 6.10. The maximum Gasteiger partial charge on any atom is 0.283 e. The van der Waals surface area contributed by atoms with Gasteiger partial charge in [-0.25, -0.2) is 9.67 Å². The molecular formula is C24H24ClN7O3. The van der Waals surface area contributed by atoms with Crippen molar-refractivity contribution in [1.29, 1.82) is 0 Å². The summed E-state index contributed by atoms with van der Waals surface area (Å²) < 4.78 is 8.30. The highest BCUT2D eigenvalue weighted by molar-refractivity contribution is 6.30. The zero-order valence-electron chi connectivity index (χ0n) is 19.2. The Labute approximate surface area is 206 Å². The summed E-state index contributed by atoms with van der Waals surface area (Å²) in [6, 6.07) is 15.2. The molecule has 1 aliphatic rings. The van der Waals surface area contributed by atoms with Crippen LogP contribution in [0, 0.1) is 0 Å². The van der Waals surface area contributed by atoms with Gasteiger partial charge in [0.2, 0.25) is 5.91 Å². The standard InChI is InChI=1S/C24H24ClN7O3/c1-35-20-5-3-2-4-19(20)29-10-12-30(13-11-29)21(33)15-31-16-26-23-22(24(31)34)27-28-32(23)14-17-6-8-18(25)9-7-17/h2-9,16H,10-15H2,1H3. The van der Waals surface area contributed by atoms with Gasteiger partial charge in [-0.1, -0.05) is 41.1 Å². The Morgan fingerprint density at radius 1 is 1.06 bits per heavy atom. The molecule has 35 heavy (non-hydrogen) atoms. The van der Waals surface area contributed by atoms with Gasteiger partial charge in [0.25, 0.3) is 5.56 Å². The Kier molecular flexibility index (Phi) is 6.37. The molecule has 10 nitrogen and oxygen atoms in total. The largest absolute Gasteiger partial charge is 0.495 e. The number of fused-ring (bicyclic) bond motifs is 1. The van der Waals surface area contributed by atoms with Crippen LogP contribution >= 0.6 is 11.6 Å². The zero-order chi connectivity index (χ0) is 24.4.